The summed E-state index contributed by atoms with van der Waals surface area (Å²) in [5.41, 5.74) is 3.94. The highest BCUT2D eigenvalue weighted by atomic mass is 16.4. The van der Waals surface area contributed by atoms with Gasteiger partial charge >= 0.3 is 0 Å². The van der Waals surface area contributed by atoms with Crippen LogP contribution in [-0.4, -0.2) is 28.1 Å². The van der Waals surface area contributed by atoms with Crippen LogP contribution in [0.1, 0.15) is 27.7 Å². The molecule has 1 aromatic heterocycles. The van der Waals surface area contributed by atoms with E-state index in [9.17, 15) is 4.79 Å². The summed E-state index contributed by atoms with van der Waals surface area (Å²) in [6.45, 7) is 4.07. The molecule has 0 bridgehead atoms. The number of carbonyl (C=O) groups is 1. The summed E-state index contributed by atoms with van der Waals surface area (Å²) in [6, 6.07) is 15.9. The van der Waals surface area contributed by atoms with Gasteiger partial charge in [-0.1, -0.05) is 42.0 Å². The highest BCUT2D eigenvalue weighted by Gasteiger charge is 2.15. The van der Waals surface area contributed by atoms with Crippen LogP contribution in [0.2, 0.25) is 0 Å². The molecule has 24 heavy (non-hydrogen) atoms. The van der Waals surface area contributed by atoms with E-state index in [2.05, 4.69) is 29.3 Å². The second-order valence-corrected chi connectivity index (χ2v) is 5.83. The average molecular weight is 321 g/mol. The number of hydrogen-bond donors (Lipinski definition) is 0. The minimum atomic E-state index is -0.0830. The Balaban J connectivity index is 1.81. The first-order valence-electron chi connectivity index (χ1n) is 7.74. The molecule has 1 heterocycles. The summed E-state index contributed by atoms with van der Waals surface area (Å²) in [7, 11) is 1.72. The van der Waals surface area contributed by atoms with Gasteiger partial charge in [-0.2, -0.15) is 0 Å². The summed E-state index contributed by atoms with van der Waals surface area (Å²) >= 11 is 0. The smallest absolute Gasteiger partial charge is 0.254 e. The number of carbonyl (C=O) groups excluding carboxylic acids is 1. The number of nitrogens with zero attached hydrogens (tertiary/aromatic N) is 3. The lowest BCUT2D eigenvalue weighted by molar-refractivity contribution is 0.0772. The Morgan fingerprint density at radius 2 is 1.75 bits per heavy atom. The minimum absolute atomic E-state index is 0.0830. The standard InChI is InChI=1S/C19H19N3O2/c1-13-6-4-7-15(10-13)16-8-5-9-17(11-16)19(23)22(3)12-18-21-20-14(2)24-18/h4-11H,12H2,1-3H3. The van der Waals surface area contributed by atoms with E-state index in [-0.39, 0.29) is 12.5 Å². The van der Waals surface area contributed by atoms with E-state index in [1.165, 1.54) is 5.56 Å². The maximum Gasteiger partial charge on any atom is 0.254 e. The van der Waals surface area contributed by atoms with Gasteiger partial charge in [-0.25, -0.2) is 0 Å². The first-order valence-corrected chi connectivity index (χ1v) is 7.74. The lowest BCUT2D eigenvalue weighted by Crippen LogP contribution is -2.26. The topological polar surface area (TPSA) is 59.2 Å². The Labute approximate surface area is 140 Å². The lowest BCUT2D eigenvalue weighted by atomic mass is 10.0. The monoisotopic (exact) mass is 321 g/mol. The molecule has 0 aliphatic rings. The molecule has 0 saturated heterocycles. The predicted octanol–water partition coefficient (Wildman–Crippen LogP) is 3.63. The van der Waals surface area contributed by atoms with E-state index in [1.807, 2.05) is 36.4 Å². The molecule has 0 radical (unpaired) electrons. The highest BCUT2D eigenvalue weighted by Crippen LogP contribution is 2.22. The van der Waals surface area contributed by atoms with Crippen molar-refractivity contribution in [3.05, 3.63) is 71.4 Å². The van der Waals surface area contributed by atoms with Gasteiger partial charge in [0, 0.05) is 19.5 Å². The molecule has 0 unspecified atom stereocenters. The first-order chi connectivity index (χ1) is 11.5. The first kappa shape index (κ1) is 15.9. The maximum atomic E-state index is 12.6. The van der Waals surface area contributed by atoms with Crippen LogP contribution in [0.5, 0.6) is 0 Å². The molecular weight excluding hydrogens is 302 g/mol. The van der Waals surface area contributed by atoms with E-state index < -0.39 is 0 Å². The van der Waals surface area contributed by atoms with Crippen molar-refractivity contribution in [2.45, 2.75) is 20.4 Å². The number of benzene rings is 2. The molecule has 0 N–H and O–H groups in total. The maximum absolute atomic E-state index is 12.6. The molecule has 3 aromatic rings. The van der Waals surface area contributed by atoms with Crippen molar-refractivity contribution in [3.8, 4) is 11.1 Å². The molecular formula is C19H19N3O2. The minimum Gasteiger partial charge on any atom is -0.424 e. The van der Waals surface area contributed by atoms with Crippen molar-refractivity contribution in [2.75, 3.05) is 7.05 Å². The van der Waals surface area contributed by atoms with E-state index in [0.717, 1.165) is 11.1 Å². The van der Waals surface area contributed by atoms with Crippen LogP contribution in [0.25, 0.3) is 11.1 Å². The average Bonchev–Trinajstić information content (AvgIpc) is 2.99. The molecule has 1 amide bonds. The Hall–Kier alpha value is -2.95. The van der Waals surface area contributed by atoms with Crippen molar-refractivity contribution in [2.24, 2.45) is 0 Å². The largest absolute Gasteiger partial charge is 0.424 e. The normalized spacial score (nSPS) is 10.6. The fourth-order valence-electron chi connectivity index (χ4n) is 2.55. The van der Waals surface area contributed by atoms with Crippen LogP contribution >= 0.6 is 0 Å². The van der Waals surface area contributed by atoms with Crippen molar-refractivity contribution in [1.29, 1.82) is 0 Å². The molecule has 2 aromatic carbocycles. The Morgan fingerprint density at radius 3 is 2.42 bits per heavy atom. The van der Waals surface area contributed by atoms with Gasteiger partial charge in [-0.05, 0) is 30.2 Å². The van der Waals surface area contributed by atoms with Crippen LogP contribution in [0, 0.1) is 13.8 Å². The molecule has 0 aliphatic carbocycles. The fourth-order valence-corrected chi connectivity index (χ4v) is 2.55. The molecule has 122 valence electrons. The number of aromatic nitrogens is 2. The van der Waals surface area contributed by atoms with Crippen molar-refractivity contribution in [1.82, 2.24) is 15.1 Å². The summed E-state index contributed by atoms with van der Waals surface area (Å²) in [6.07, 6.45) is 0. The molecule has 5 nitrogen and oxygen atoms in total. The number of hydrogen-bond acceptors (Lipinski definition) is 4. The number of aryl methyl sites for hydroxylation is 2. The SMILES string of the molecule is Cc1cccc(-c2cccc(C(=O)N(C)Cc3nnc(C)o3)c2)c1. The summed E-state index contributed by atoms with van der Waals surface area (Å²) in [4.78, 5) is 14.2. The lowest BCUT2D eigenvalue weighted by Gasteiger charge is -2.15. The molecule has 3 rings (SSSR count). The fraction of sp³-hybridized carbons (Fsp3) is 0.211. The van der Waals surface area contributed by atoms with Crippen molar-refractivity contribution < 1.29 is 9.21 Å². The number of rotatable bonds is 4. The van der Waals surface area contributed by atoms with Crippen molar-refractivity contribution >= 4 is 5.91 Å². The molecule has 0 saturated carbocycles. The van der Waals surface area contributed by atoms with Crippen LogP contribution in [0.3, 0.4) is 0 Å². The second-order valence-electron chi connectivity index (χ2n) is 5.83. The Morgan fingerprint density at radius 1 is 1.04 bits per heavy atom. The third-order valence-corrected chi connectivity index (χ3v) is 3.75. The summed E-state index contributed by atoms with van der Waals surface area (Å²) < 4.78 is 5.33. The van der Waals surface area contributed by atoms with E-state index >= 15 is 0 Å². The molecule has 0 atom stereocenters. The van der Waals surface area contributed by atoms with Gasteiger partial charge in [0.05, 0.1) is 6.54 Å². The van der Waals surface area contributed by atoms with Crippen LogP contribution in [-0.2, 0) is 6.54 Å². The quantitative estimate of drug-likeness (QED) is 0.736. The zero-order valence-electron chi connectivity index (χ0n) is 14.0. The van der Waals surface area contributed by atoms with Crippen LogP contribution in [0.15, 0.2) is 52.9 Å². The van der Waals surface area contributed by atoms with Gasteiger partial charge in [-0.3, -0.25) is 4.79 Å². The molecule has 0 spiro atoms. The van der Waals surface area contributed by atoms with Gasteiger partial charge < -0.3 is 9.32 Å². The van der Waals surface area contributed by atoms with Gasteiger partial charge in [-0.15, -0.1) is 10.2 Å². The second kappa shape index (κ2) is 6.66. The van der Waals surface area contributed by atoms with Gasteiger partial charge in [0.15, 0.2) is 0 Å². The molecule has 0 aliphatic heterocycles. The zero-order valence-corrected chi connectivity index (χ0v) is 14.0. The molecule has 0 fully saturated rings. The Kier molecular flexibility index (Phi) is 4.42. The van der Waals surface area contributed by atoms with E-state index in [0.29, 0.717) is 17.3 Å². The third kappa shape index (κ3) is 3.51. The molecule has 5 heteroatoms. The number of amides is 1. The summed E-state index contributed by atoms with van der Waals surface area (Å²) in [5, 5.41) is 7.71. The predicted molar refractivity (Wildman–Crippen MR) is 91.4 cm³/mol. The van der Waals surface area contributed by atoms with Crippen LogP contribution in [0.4, 0.5) is 0 Å². The van der Waals surface area contributed by atoms with Crippen molar-refractivity contribution in [3.63, 3.8) is 0 Å². The van der Waals surface area contributed by atoms with Crippen LogP contribution < -0.4 is 0 Å². The Bertz CT molecular complexity index is 870. The highest BCUT2D eigenvalue weighted by molar-refractivity contribution is 5.95. The third-order valence-electron chi connectivity index (χ3n) is 3.75. The van der Waals surface area contributed by atoms with Gasteiger partial charge in [0.1, 0.15) is 0 Å². The van der Waals surface area contributed by atoms with Gasteiger partial charge in [0.25, 0.3) is 5.91 Å². The zero-order chi connectivity index (χ0) is 17.1. The summed E-state index contributed by atoms with van der Waals surface area (Å²) in [5.74, 6) is 0.839. The van der Waals surface area contributed by atoms with E-state index in [1.54, 1.807) is 18.9 Å². The van der Waals surface area contributed by atoms with E-state index in [4.69, 9.17) is 4.42 Å². The van der Waals surface area contributed by atoms with Gasteiger partial charge in [0.2, 0.25) is 11.8 Å².